The Labute approximate surface area is 467 Å². The zero-order chi connectivity index (χ0) is 33.1. The summed E-state index contributed by atoms with van der Waals surface area (Å²) in [7, 11) is -5.36. The number of carboxylic acids is 3. The first-order valence-electron chi connectivity index (χ1n) is 12.3. The molecular weight excluding hydrogens is 772 g/mol. The molecule has 0 radical (unpaired) electrons. The molecular formula is C23H28N2Na8O16Si. The first kappa shape index (κ1) is 75.0. The number of carboxylic acid groups (broad SMARTS) is 3. The number of carbonyl (C=O) groups excluding carboxylic acids is 8. The standard InChI is InChI=1S/C23H31N2O16Si.8Na/c1-5-22(21(35)36,20(34)24-9-8-10-42(37,38)39)15(18(30)31)14(17(29)25(6-2)7-3)23(13(4)28,41-12-27)16(19(32)33)40-11-26;;;;;;;;/h14-16H,5-10H2,1-4H3,(H,24,34)(H,30,31)(H,32,33)(H,35,36);;;;;;;;/q-5;8*+1/p-3. The summed E-state index contributed by atoms with van der Waals surface area (Å²) in [6.07, 6.45) is -4.78. The van der Waals surface area contributed by atoms with Crippen molar-refractivity contribution in [2.24, 2.45) is 17.3 Å². The molecule has 50 heavy (non-hydrogen) atoms. The molecule has 0 spiro atoms. The van der Waals surface area contributed by atoms with Crippen LogP contribution in [-0.4, -0.2) is 93.5 Å². The topological polar surface area (TPSA) is 309 Å². The Kier molecular flexibility index (Phi) is 54.2. The summed E-state index contributed by atoms with van der Waals surface area (Å²) in [5.74, 6) is -18.8. The van der Waals surface area contributed by atoms with E-state index in [0.717, 1.165) is 11.8 Å². The Hall–Kier alpha value is 4.06. The van der Waals surface area contributed by atoms with Crippen molar-refractivity contribution in [2.75, 3.05) is 19.6 Å². The van der Waals surface area contributed by atoms with Crippen molar-refractivity contribution in [1.29, 1.82) is 0 Å². The van der Waals surface area contributed by atoms with Gasteiger partial charge in [-0.25, -0.2) is 0 Å². The van der Waals surface area contributed by atoms with E-state index in [2.05, 4.69) is 9.47 Å². The third kappa shape index (κ3) is 20.2. The van der Waals surface area contributed by atoms with Crippen LogP contribution in [0.3, 0.4) is 0 Å². The van der Waals surface area contributed by atoms with Gasteiger partial charge in [0, 0.05) is 31.5 Å². The van der Waals surface area contributed by atoms with E-state index in [-0.39, 0.29) is 250 Å². The van der Waals surface area contributed by atoms with E-state index in [1.165, 1.54) is 13.8 Å². The van der Waals surface area contributed by atoms with Gasteiger partial charge in [0.2, 0.25) is 11.8 Å². The monoisotopic (exact) mass is 800 g/mol. The molecule has 0 heterocycles. The number of amides is 2. The van der Waals surface area contributed by atoms with Gasteiger partial charge < -0.3 is 73.4 Å². The van der Waals surface area contributed by atoms with E-state index in [9.17, 15) is 68.1 Å². The third-order valence-electron chi connectivity index (χ3n) is 6.72. The van der Waals surface area contributed by atoms with Crippen molar-refractivity contribution in [3.8, 4) is 0 Å². The first-order valence-corrected chi connectivity index (χ1v) is 14.2. The van der Waals surface area contributed by atoms with Crippen LogP contribution in [0.4, 0.5) is 0 Å². The Morgan fingerprint density at radius 1 is 0.780 bits per heavy atom. The number of Topliss-reactive ketones (excluding diaryl/α,β-unsaturated/α-hetero) is 1. The van der Waals surface area contributed by atoms with Crippen molar-refractivity contribution < 1.29 is 314 Å². The van der Waals surface area contributed by atoms with Crippen molar-refractivity contribution in [3.63, 3.8) is 0 Å². The summed E-state index contributed by atoms with van der Waals surface area (Å²) in [6.45, 7) is 4.01. The normalized spacial score (nSPS) is 13.7. The van der Waals surface area contributed by atoms with Crippen molar-refractivity contribution >= 4 is 57.3 Å². The summed E-state index contributed by atoms with van der Waals surface area (Å²) >= 11 is 0. The summed E-state index contributed by atoms with van der Waals surface area (Å²) in [4.78, 5) is 134. The number of ether oxygens (including phenoxy) is 2. The molecule has 18 nitrogen and oxygen atoms in total. The van der Waals surface area contributed by atoms with Gasteiger partial charge >= 0.3 is 236 Å². The minimum absolute atomic E-state index is 0. The fourth-order valence-electron chi connectivity index (χ4n) is 4.66. The minimum Gasteiger partial charge on any atom is -0.881 e. The number of carbonyl (C=O) groups is 6. The zero-order valence-corrected chi connectivity index (χ0v) is 48.0. The van der Waals surface area contributed by atoms with E-state index >= 15 is 0 Å². The Bertz CT molecular complexity index is 1070. The average Bonchev–Trinajstić information content (AvgIpc) is 2.88. The Morgan fingerprint density at radius 3 is 1.52 bits per heavy atom. The molecule has 0 aliphatic carbocycles. The van der Waals surface area contributed by atoms with Crippen LogP contribution in [0.25, 0.3) is 0 Å². The summed E-state index contributed by atoms with van der Waals surface area (Å²) in [5.41, 5.74) is -7.18. The molecule has 0 aromatic rings. The summed E-state index contributed by atoms with van der Waals surface area (Å²) in [6, 6.07) is -0.978. The maximum atomic E-state index is 13.8. The van der Waals surface area contributed by atoms with E-state index in [1.807, 2.05) is 5.32 Å². The summed E-state index contributed by atoms with van der Waals surface area (Å²) < 4.78 is 8.84. The van der Waals surface area contributed by atoms with Crippen LogP contribution in [0.2, 0.25) is 6.04 Å². The van der Waals surface area contributed by atoms with Gasteiger partial charge in [0.25, 0.3) is 0 Å². The number of hydrogen-bond donors (Lipinski definition) is 1. The molecule has 5 atom stereocenters. The maximum absolute atomic E-state index is 13.8. The van der Waals surface area contributed by atoms with Crippen molar-refractivity contribution in [2.45, 2.75) is 58.3 Å². The van der Waals surface area contributed by atoms with Gasteiger partial charge in [-0.2, -0.15) is 0 Å². The van der Waals surface area contributed by atoms with Crippen molar-refractivity contribution in [3.05, 3.63) is 0 Å². The quantitative estimate of drug-likeness (QED) is 0.0488. The van der Waals surface area contributed by atoms with Crippen LogP contribution in [0, 0.1) is 17.3 Å². The van der Waals surface area contributed by atoms with Gasteiger partial charge in [-0.05, 0) is 33.6 Å². The molecule has 0 bridgehead atoms. The SMILES string of the molecule is CCN(CC)C(=O)C(C(C(=O)[O-])C(CC)(C(=O)[O-])C(=O)NCCC[Si]([O-])([O-])[O-])C(O[C-]=O)(C(C)=O)C(O[C-]=O)C(=O)[O-].[Na+].[Na+].[Na+].[Na+].[Na+].[Na+].[Na+].[Na+]. The number of ketones is 1. The molecule has 5 unspecified atom stereocenters. The van der Waals surface area contributed by atoms with Crippen LogP contribution >= 0.6 is 0 Å². The second-order valence-corrected chi connectivity index (χ2v) is 10.7. The minimum atomic E-state index is -5.36. The molecule has 0 saturated heterocycles. The maximum Gasteiger partial charge on any atom is 1.00 e. The fourth-order valence-corrected chi connectivity index (χ4v) is 5.27. The van der Waals surface area contributed by atoms with Crippen molar-refractivity contribution in [1.82, 2.24) is 10.2 Å². The fraction of sp³-hybridized carbons (Fsp3) is 0.652. The van der Waals surface area contributed by atoms with E-state index in [1.54, 1.807) is 0 Å². The molecule has 238 valence electrons. The van der Waals surface area contributed by atoms with Crippen LogP contribution in [0.15, 0.2) is 0 Å². The largest absolute Gasteiger partial charge is 1.00 e. The molecule has 0 aliphatic rings. The number of rotatable bonds is 21. The van der Waals surface area contributed by atoms with Crippen LogP contribution < -0.4 is 271 Å². The molecule has 0 aromatic carbocycles. The second-order valence-electron chi connectivity index (χ2n) is 8.87. The number of aliphatic carboxylic acids is 3. The van der Waals surface area contributed by atoms with Gasteiger partial charge in [0.05, 0.1) is 23.3 Å². The van der Waals surface area contributed by atoms with E-state index in [4.69, 9.17) is 0 Å². The second kappa shape index (κ2) is 36.2. The van der Waals surface area contributed by atoms with Gasteiger partial charge in [0.15, 0.2) is 11.4 Å². The molecule has 2 amide bonds. The molecule has 0 fully saturated rings. The Balaban J connectivity index is -0.000000300. The van der Waals surface area contributed by atoms with Gasteiger partial charge in [-0.15, -0.1) is 6.04 Å². The number of hydrogen-bond acceptors (Lipinski definition) is 16. The molecule has 0 aromatic heterocycles. The van der Waals surface area contributed by atoms with Crippen LogP contribution in [-0.2, 0) is 47.8 Å². The van der Waals surface area contributed by atoms with E-state index < -0.39 is 98.7 Å². The molecule has 1 N–H and O–H groups in total. The van der Waals surface area contributed by atoms with E-state index in [0.29, 0.717) is 19.9 Å². The first-order chi connectivity index (χ1) is 19.4. The predicted octanol–water partition coefficient (Wildman–Crippen LogP) is -32.8. The average molecular weight is 800 g/mol. The third-order valence-corrected chi connectivity index (χ3v) is 7.69. The molecule has 0 saturated carbocycles. The van der Waals surface area contributed by atoms with Crippen LogP contribution in [0.5, 0.6) is 0 Å². The zero-order valence-electron chi connectivity index (χ0n) is 31.0. The summed E-state index contributed by atoms with van der Waals surface area (Å²) in [5, 5.41) is 39.3. The number of nitrogens with one attached hydrogen (secondary N) is 1. The van der Waals surface area contributed by atoms with Gasteiger partial charge in [-0.1, -0.05) is 19.9 Å². The smallest absolute Gasteiger partial charge is 0.881 e. The predicted molar refractivity (Wildman–Crippen MR) is 122 cm³/mol. The Morgan fingerprint density at radius 2 is 1.24 bits per heavy atom. The van der Waals surface area contributed by atoms with Gasteiger partial charge in [-0.3, -0.25) is 23.2 Å². The van der Waals surface area contributed by atoms with Gasteiger partial charge in [0.1, 0.15) is 6.10 Å². The molecule has 27 heteroatoms. The molecule has 0 aliphatic heterocycles. The number of nitrogens with zero attached hydrogens (tertiary/aromatic N) is 1. The van der Waals surface area contributed by atoms with Crippen LogP contribution in [0.1, 0.15) is 40.5 Å². The molecule has 0 rings (SSSR count).